The van der Waals surface area contributed by atoms with Gasteiger partial charge >= 0.3 is 0 Å². The van der Waals surface area contributed by atoms with Gasteiger partial charge in [-0.1, -0.05) is 72.3 Å². The predicted molar refractivity (Wildman–Crippen MR) is 126 cm³/mol. The van der Waals surface area contributed by atoms with E-state index in [4.69, 9.17) is 21.1 Å². The minimum absolute atomic E-state index is 0. The van der Waals surface area contributed by atoms with Gasteiger partial charge in [0.15, 0.2) is 11.5 Å². The number of halogens is 2. The summed E-state index contributed by atoms with van der Waals surface area (Å²) in [5, 5.41) is 0.671. The molecule has 0 radical (unpaired) electrons. The maximum atomic E-state index is 6.82. The number of hydrogen-bond acceptors (Lipinski definition) is 3. The predicted octanol–water partition coefficient (Wildman–Crippen LogP) is 5.97. The molecule has 1 atom stereocenters. The minimum Gasteiger partial charge on any atom is -0.493 e. The molecule has 0 spiro atoms. The van der Waals surface area contributed by atoms with Gasteiger partial charge in [-0.3, -0.25) is 4.90 Å². The van der Waals surface area contributed by atoms with Crippen LogP contribution in [0.1, 0.15) is 28.2 Å². The van der Waals surface area contributed by atoms with E-state index in [-0.39, 0.29) is 18.3 Å². The van der Waals surface area contributed by atoms with Crippen molar-refractivity contribution >= 4 is 24.0 Å². The van der Waals surface area contributed by atoms with Crippen LogP contribution >= 0.6 is 24.0 Å². The van der Waals surface area contributed by atoms with E-state index in [0.29, 0.717) is 16.5 Å². The van der Waals surface area contributed by atoms with Gasteiger partial charge in [0.1, 0.15) is 0 Å². The highest BCUT2D eigenvalue weighted by Gasteiger charge is 2.29. The van der Waals surface area contributed by atoms with E-state index in [9.17, 15) is 0 Å². The normalized spacial score (nSPS) is 16.2. The van der Waals surface area contributed by atoms with Crippen LogP contribution in [-0.2, 0) is 13.0 Å². The third-order valence-electron chi connectivity index (χ3n) is 5.69. The first kappa shape index (κ1) is 22.5. The molecule has 158 valence electrons. The van der Waals surface area contributed by atoms with E-state index in [1.54, 1.807) is 14.2 Å². The average Bonchev–Trinajstić information content (AvgIpc) is 2.95. The van der Waals surface area contributed by atoms with E-state index >= 15 is 0 Å². The molecule has 0 amide bonds. The highest BCUT2D eigenvalue weighted by molar-refractivity contribution is 6.33. The molecular weight excluding hydrogens is 417 g/mol. The lowest BCUT2D eigenvalue weighted by Gasteiger charge is -2.26. The Morgan fingerprint density at radius 2 is 1.63 bits per heavy atom. The van der Waals surface area contributed by atoms with Gasteiger partial charge in [-0.2, -0.15) is 0 Å². The second-order valence-electron chi connectivity index (χ2n) is 7.43. The van der Waals surface area contributed by atoms with Crippen molar-refractivity contribution in [2.75, 3.05) is 27.3 Å². The summed E-state index contributed by atoms with van der Waals surface area (Å²) in [7, 11) is 3.31. The van der Waals surface area contributed by atoms with E-state index in [0.717, 1.165) is 31.6 Å². The molecule has 1 aliphatic heterocycles. The fourth-order valence-corrected chi connectivity index (χ4v) is 4.62. The van der Waals surface area contributed by atoms with Crippen LogP contribution in [-0.4, -0.2) is 32.2 Å². The molecule has 4 rings (SSSR count). The van der Waals surface area contributed by atoms with Crippen LogP contribution in [0.25, 0.3) is 0 Å². The summed E-state index contributed by atoms with van der Waals surface area (Å²) >= 11 is 6.82. The van der Waals surface area contributed by atoms with E-state index in [1.807, 2.05) is 0 Å². The van der Waals surface area contributed by atoms with Gasteiger partial charge in [-0.25, -0.2) is 0 Å². The number of ether oxygens (including phenoxy) is 2. The molecule has 0 saturated heterocycles. The van der Waals surface area contributed by atoms with Crippen LogP contribution in [0.2, 0.25) is 5.02 Å². The molecule has 3 aromatic carbocycles. The van der Waals surface area contributed by atoms with Gasteiger partial charge in [-0.15, -0.1) is 12.4 Å². The average molecular weight is 444 g/mol. The number of fused-ring (bicyclic) bond motifs is 1. The zero-order valence-electron chi connectivity index (χ0n) is 17.3. The van der Waals surface area contributed by atoms with E-state index in [2.05, 4.69) is 71.6 Å². The van der Waals surface area contributed by atoms with Crippen molar-refractivity contribution in [2.24, 2.45) is 0 Å². The summed E-state index contributed by atoms with van der Waals surface area (Å²) in [4.78, 5) is 2.52. The molecule has 1 unspecified atom stereocenters. The third kappa shape index (κ3) is 4.59. The molecular formula is C25H27Cl2NO2. The Balaban J connectivity index is 0.00000256. The zero-order valence-corrected chi connectivity index (χ0v) is 18.9. The summed E-state index contributed by atoms with van der Waals surface area (Å²) in [6, 6.07) is 23.4. The summed E-state index contributed by atoms with van der Waals surface area (Å²) in [5.74, 6) is 1.53. The second kappa shape index (κ2) is 10.2. The molecule has 1 aliphatic rings. The molecule has 0 bridgehead atoms. The van der Waals surface area contributed by atoms with Crippen LogP contribution in [0, 0.1) is 0 Å². The summed E-state index contributed by atoms with van der Waals surface area (Å²) < 4.78 is 11.2. The topological polar surface area (TPSA) is 21.7 Å². The number of benzene rings is 3. The van der Waals surface area contributed by atoms with Gasteiger partial charge in [0.05, 0.1) is 19.2 Å². The molecule has 5 heteroatoms. The Morgan fingerprint density at radius 3 is 2.27 bits per heavy atom. The van der Waals surface area contributed by atoms with Crippen molar-refractivity contribution < 1.29 is 9.47 Å². The summed E-state index contributed by atoms with van der Waals surface area (Å²) in [6.07, 6.45) is 0.880. The third-order valence-corrected chi connectivity index (χ3v) is 6.09. The molecule has 0 N–H and O–H groups in total. The van der Waals surface area contributed by atoms with Gasteiger partial charge < -0.3 is 9.47 Å². The maximum absolute atomic E-state index is 6.82. The fourth-order valence-electron chi connectivity index (χ4n) is 4.25. The Hall–Kier alpha value is -2.20. The zero-order chi connectivity index (χ0) is 20.2. The first-order valence-corrected chi connectivity index (χ1v) is 10.3. The molecule has 0 saturated carbocycles. The van der Waals surface area contributed by atoms with Crippen LogP contribution in [0.3, 0.4) is 0 Å². The number of nitrogens with zero attached hydrogens (tertiary/aromatic N) is 1. The Bertz CT molecular complexity index is 964. The highest BCUT2D eigenvalue weighted by atomic mass is 35.5. The summed E-state index contributed by atoms with van der Waals surface area (Å²) in [6.45, 7) is 2.79. The van der Waals surface area contributed by atoms with Crippen molar-refractivity contribution in [3.63, 3.8) is 0 Å². The smallest absolute Gasteiger partial charge is 0.179 e. The van der Waals surface area contributed by atoms with Crippen molar-refractivity contribution in [1.82, 2.24) is 4.90 Å². The van der Waals surface area contributed by atoms with Crippen LogP contribution in [0.5, 0.6) is 11.5 Å². The molecule has 0 fully saturated rings. The fraction of sp³-hybridized carbons (Fsp3) is 0.280. The first-order chi connectivity index (χ1) is 14.2. The number of rotatable bonds is 5. The summed E-state index contributed by atoms with van der Waals surface area (Å²) in [5.41, 5.74) is 5.01. The van der Waals surface area contributed by atoms with Crippen LogP contribution in [0.15, 0.2) is 66.7 Å². The van der Waals surface area contributed by atoms with Crippen molar-refractivity contribution in [3.8, 4) is 11.5 Å². The lowest BCUT2D eigenvalue weighted by Crippen LogP contribution is -2.28. The lowest BCUT2D eigenvalue weighted by molar-refractivity contribution is 0.268. The van der Waals surface area contributed by atoms with Gasteiger partial charge in [0.2, 0.25) is 0 Å². The maximum Gasteiger partial charge on any atom is 0.179 e. The molecule has 3 aromatic rings. The Labute approximate surface area is 190 Å². The van der Waals surface area contributed by atoms with Crippen LogP contribution in [0.4, 0.5) is 0 Å². The highest BCUT2D eigenvalue weighted by Crippen LogP contribution is 2.44. The van der Waals surface area contributed by atoms with Crippen molar-refractivity contribution in [2.45, 2.75) is 18.9 Å². The van der Waals surface area contributed by atoms with Gasteiger partial charge in [0, 0.05) is 25.6 Å². The number of hydrogen-bond donors (Lipinski definition) is 0. The monoisotopic (exact) mass is 443 g/mol. The largest absolute Gasteiger partial charge is 0.493 e. The SMILES string of the molecule is COc1cc2c(c(Cl)c1OC)CCN(Cc1ccccc1)CC2c1ccccc1.Cl. The van der Waals surface area contributed by atoms with Gasteiger partial charge in [0.25, 0.3) is 0 Å². The molecule has 0 aliphatic carbocycles. The molecule has 0 aromatic heterocycles. The minimum atomic E-state index is 0. The van der Waals surface area contributed by atoms with Crippen LogP contribution < -0.4 is 9.47 Å². The first-order valence-electron chi connectivity index (χ1n) is 9.95. The Morgan fingerprint density at radius 1 is 0.967 bits per heavy atom. The molecule has 1 heterocycles. The van der Waals surface area contributed by atoms with Crippen molar-refractivity contribution in [3.05, 3.63) is 94.0 Å². The molecule has 3 nitrogen and oxygen atoms in total. The van der Waals surface area contributed by atoms with E-state index < -0.39 is 0 Å². The Kier molecular flexibility index (Phi) is 7.65. The standard InChI is InChI=1S/C25H26ClNO2.ClH/c1-28-23-15-21-20(24(26)25(23)29-2)13-14-27(16-18-9-5-3-6-10-18)17-22(21)19-11-7-4-8-12-19;/h3-12,15,22H,13-14,16-17H2,1-2H3;1H. The number of methoxy groups -OCH3 is 2. The van der Waals surface area contributed by atoms with Crippen molar-refractivity contribution in [1.29, 1.82) is 0 Å². The molecule has 30 heavy (non-hydrogen) atoms. The lowest BCUT2D eigenvalue weighted by atomic mass is 9.87. The second-order valence-corrected chi connectivity index (χ2v) is 7.81. The van der Waals surface area contributed by atoms with Gasteiger partial charge in [-0.05, 0) is 34.7 Å². The van der Waals surface area contributed by atoms with E-state index in [1.165, 1.54) is 16.7 Å². The quantitative estimate of drug-likeness (QED) is 0.484.